The van der Waals surface area contributed by atoms with E-state index in [0.29, 0.717) is 6.54 Å². The maximum absolute atomic E-state index is 14.3. The van der Waals surface area contributed by atoms with Crippen LogP contribution in [0.5, 0.6) is 0 Å². The molecule has 0 atom stereocenters. The lowest BCUT2D eigenvalue weighted by atomic mass is 9.83. The second kappa shape index (κ2) is 7.84. The molecular formula is C22H28F3N3O. The van der Waals surface area contributed by atoms with Crippen LogP contribution in [0.25, 0.3) is 0 Å². The van der Waals surface area contributed by atoms with Crippen LogP contribution in [0.15, 0.2) is 18.2 Å². The fourth-order valence-electron chi connectivity index (χ4n) is 3.73. The number of aromatic nitrogens is 2. The molecule has 1 aliphatic carbocycles. The van der Waals surface area contributed by atoms with Crippen LogP contribution in [-0.2, 0) is 30.2 Å². The minimum Gasteiger partial charge on any atom is -0.335 e. The maximum Gasteiger partial charge on any atom is 0.282 e. The molecule has 4 nitrogen and oxygen atoms in total. The van der Waals surface area contributed by atoms with Gasteiger partial charge in [0, 0.05) is 25.2 Å². The second-order valence-corrected chi connectivity index (χ2v) is 8.92. The highest BCUT2D eigenvalue weighted by molar-refractivity contribution is 5.79. The first-order valence-corrected chi connectivity index (χ1v) is 9.88. The van der Waals surface area contributed by atoms with Crippen molar-refractivity contribution < 1.29 is 18.0 Å². The molecule has 0 bridgehead atoms. The molecule has 1 heterocycles. The van der Waals surface area contributed by atoms with E-state index in [9.17, 15) is 18.0 Å². The molecule has 2 aromatic rings. The van der Waals surface area contributed by atoms with Gasteiger partial charge in [-0.05, 0) is 36.3 Å². The average Bonchev–Trinajstić information content (AvgIpc) is 3.41. The van der Waals surface area contributed by atoms with Crippen LogP contribution in [-0.4, -0.2) is 26.6 Å². The Bertz CT molecular complexity index is 911. The second-order valence-electron chi connectivity index (χ2n) is 8.92. The molecule has 0 aliphatic heterocycles. The molecule has 7 heteroatoms. The summed E-state index contributed by atoms with van der Waals surface area (Å²) >= 11 is 0. The topological polar surface area (TPSA) is 38.1 Å². The first kappa shape index (κ1) is 21.4. The van der Waals surface area contributed by atoms with E-state index in [1.54, 1.807) is 4.90 Å². The first-order valence-electron chi connectivity index (χ1n) is 9.88. The van der Waals surface area contributed by atoms with Crippen LogP contribution in [0.3, 0.4) is 0 Å². The molecule has 0 spiro atoms. The smallest absolute Gasteiger partial charge is 0.282 e. The van der Waals surface area contributed by atoms with Crippen molar-refractivity contribution in [2.75, 3.05) is 0 Å². The minimum atomic E-state index is -2.92. The average molecular weight is 407 g/mol. The fourth-order valence-corrected chi connectivity index (χ4v) is 3.73. The Balaban J connectivity index is 1.89. The minimum absolute atomic E-state index is 0.0746. The zero-order valence-electron chi connectivity index (χ0n) is 17.6. The van der Waals surface area contributed by atoms with Crippen molar-refractivity contribution in [3.63, 3.8) is 0 Å². The van der Waals surface area contributed by atoms with E-state index < -0.39 is 24.5 Å². The molecule has 29 heavy (non-hydrogen) atoms. The number of carbonyl (C=O) groups is 1. The van der Waals surface area contributed by atoms with Gasteiger partial charge in [-0.1, -0.05) is 44.5 Å². The number of nitrogens with zero attached hydrogens (tertiary/aromatic N) is 3. The molecule has 1 aromatic heterocycles. The number of alkyl halides is 2. The van der Waals surface area contributed by atoms with Gasteiger partial charge in [-0.15, -0.1) is 0 Å². The van der Waals surface area contributed by atoms with E-state index in [1.807, 2.05) is 13.0 Å². The number of rotatable bonds is 6. The molecule has 0 radical (unpaired) electrons. The standard InChI is InChI=1S/C22H28F3N3O/c1-13-6-9-17(22(2,3)4)14(10-13)12-28(15-7-8-15)18(29)11-16-19(20(23)24)26-27(5)21(16)25/h6,9-10,15,20H,7-8,11-12H2,1-5H3. The Kier molecular flexibility index (Phi) is 5.79. The number of benzene rings is 1. The van der Waals surface area contributed by atoms with Crippen LogP contribution < -0.4 is 0 Å². The molecular weight excluding hydrogens is 379 g/mol. The molecule has 3 rings (SSSR count). The highest BCUT2D eigenvalue weighted by atomic mass is 19.3. The summed E-state index contributed by atoms with van der Waals surface area (Å²) < 4.78 is 41.6. The van der Waals surface area contributed by atoms with Gasteiger partial charge in [0.1, 0.15) is 5.69 Å². The lowest BCUT2D eigenvalue weighted by Gasteiger charge is -2.28. The van der Waals surface area contributed by atoms with Gasteiger partial charge in [-0.25, -0.2) is 13.5 Å². The number of hydrogen-bond donors (Lipinski definition) is 0. The van der Waals surface area contributed by atoms with Crippen LogP contribution >= 0.6 is 0 Å². The van der Waals surface area contributed by atoms with E-state index in [1.165, 1.54) is 7.05 Å². The summed E-state index contributed by atoms with van der Waals surface area (Å²) in [4.78, 5) is 14.8. The van der Waals surface area contributed by atoms with E-state index in [4.69, 9.17) is 0 Å². The molecule has 1 aromatic carbocycles. The Hall–Kier alpha value is -2.31. The first-order chi connectivity index (χ1) is 13.5. The van der Waals surface area contributed by atoms with Crippen molar-refractivity contribution in [1.29, 1.82) is 0 Å². The summed E-state index contributed by atoms with van der Waals surface area (Å²) in [6.45, 7) is 8.74. The summed E-state index contributed by atoms with van der Waals surface area (Å²) in [5.74, 6) is -1.22. The normalized spacial score (nSPS) is 14.5. The van der Waals surface area contributed by atoms with Crippen molar-refractivity contribution >= 4 is 5.91 Å². The molecule has 1 fully saturated rings. The van der Waals surface area contributed by atoms with Crippen LogP contribution in [0.4, 0.5) is 13.2 Å². The van der Waals surface area contributed by atoms with Crippen molar-refractivity contribution in [2.45, 2.75) is 71.4 Å². The predicted octanol–water partition coefficient (Wildman–Crippen LogP) is 4.84. The third-order valence-corrected chi connectivity index (χ3v) is 5.35. The summed E-state index contributed by atoms with van der Waals surface area (Å²) in [7, 11) is 1.26. The quantitative estimate of drug-likeness (QED) is 0.688. The van der Waals surface area contributed by atoms with E-state index >= 15 is 0 Å². The monoisotopic (exact) mass is 407 g/mol. The van der Waals surface area contributed by atoms with Crippen molar-refractivity contribution in [3.8, 4) is 0 Å². The fraction of sp³-hybridized carbons (Fsp3) is 0.545. The Morgan fingerprint density at radius 1 is 1.31 bits per heavy atom. The SMILES string of the molecule is Cc1ccc(C(C)(C)C)c(CN(C(=O)Cc2c(C(F)F)nn(C)c2F)C2CC2)c1. The van der Waals surface area contributed by atoms with Crippen LogP contribution in [0.1, 0.15) is 68.0 Å². The van der Waals surface area contributed by atoms with Gasteiger partial charge >= 0.3 is 0 Å². The third kappa shape index (κ3) is 4.65. The van der Waals surface area contributed by atoms with Gasteiger partial charge in [-0.3, -0.25) is 4.79 Å². The molecule has 0 unspecified atom stereocenters. The Labute approximate surface area is 169 Å². The van der Waals surface area contributed by atoms with Gasteiger partial charge in [-0.2, -0.15) is 9.49 Å². The van der Waals surface area contributed by atoms with Gasteiger partial charge < -0.3 is 4.90 Å². The largest absolute Gasteiger partial charge is 0.335 e. The van der Waals surface area contributed by atoms with Crippen LogP contribution in [0.2, 0.25) is 0 Å². The number of halogens is 3. The number of aryl methyl sites for hydroxylation is 2. The summed E-state index contributed by atoms with van der Waals surface area (Å²) in [5.41, 5.74) is 2.22. The van der Waals surface area contributed by atoms with E-state index in [-0.39, 0.29) is 22.9 Å². The number of hydrogen-bond acceptors (Lipinski definition) is 2. The summed E-state index contributed by atoms with van der Waals surface area (Å²) in [5, 5.41) is 3.55. The highest BCUT2D eigenvalue weighted by Crippen LogP contribution is 2.33. The zero-order chi connectivity index (χ0) is 21.5. The van der Waals surface area contributed by atoms with Crippen molar-refractivity contribution in [2.24, 2.45) is 7.05 Å². The molecule has 158 valence electrons. The van der Waals surface area contributed by atoms with Gasteiger partial charge in [0.05, 0.1) is 6.42 Å². The van der Waals surface area contributed by atoms with E-state index in [2.05, 4.69) is 38.0 Å². The predicted molar refractivity (Wildman–Crippen MR) is 105 cm³/mol. The van der Waals surface area contributed by atoms with Crippen molar-refractivity contribution in [1.82, 2.24) is 14.7 Å². The van der Waals surface area contributed by atoms with E-state index in [0.717, 1.165) is 34.2 Å². The highest BCUT2D eigenvalue weighted by Gasteiger charge is 2.35. The van der Waals surface area contributed by atoms with Gasteiger partial charge in [0.15, 0.2) is 0 Å². The maximum atomic E-state index is 14.3. The lowest BCUT2D eigenvalue weighted by molar-refractivity contribution is -0.131. The van der Waals surface area contributed by atoms with Gasteiger partial charge in [0.25, 0.3) is 6.43 Å². The molecule has 0 saturated heterocycles. The molecule has 1 aliphatic rings. The molecule has 0 N–H and O–H groups in total. The zero-order valence-corrected chi connectivity index (χ0v) is 17.6. The number of amides is 1. The molecule has 1 saturated carbocycles. The lowest BCUT2D eigenvalue weighted by Crippen LogP contribution is -2.35. The summed E-state index contributed by atoms with van der Waals surface area (Å²) in [6, 6.07) is 6.27. The third-order valence-electron chi connectivity index (χ3n) is 5.35. The summed E-state index contributed by atoms with van der Waals surface area (Å²) in [6.07, 6.45) is -1.58. The molecule has 1 amide bonds. The Morgan fingerprint density at radius 2 is 1.97 bits per heavy atom. The van der Waals surface area contributed by atoms with Gasteiger partial charge in [0.2, 0.25) is 11.9 Å². The Morgan fingerprint density at radius 3 is 2.52 bits per heavy atom. The van der Waals surface area contributed by atoms with Crippen LogP contribution in [0, 0.1) is 12.9 Å². The number of carbonyl (C=O) groups excluding carboxylic acids is 1. The van der Waals surface area contributed by atoms with Crippen molar-refractivity contribution in [3.05, 3.63) is 52.1 Å².